The van der Waals surface area contributed by atoms with Crippen molar-refractivity contribution in [1.29, 1.82) is 0 Å². The van der Waals surface area contributed by atoms with Crippen molar-refractivity contribution in [3.05, 3.63) is 59.9 Å². The van der Waals surface area contributed by atoms with E-state index in [1.54, 1.807) is 12.1 Å². The highest BCUT2D eigenvalue weighted by Crippen LogP contribution is 2.38. The van der Waals surface area contributed by atoms with Crippen molar-refractivity contribution >= 4 is 11.6 Å². The predicted octanol–water partition coefficient (Wildman–Crippen LogP) is 3.93. The van der Waals surface area contributed by atoms with Gasteiger partial charge in [0.1, 0.15) is 11.6 Å². The van der Waals surface area contributed by atoms with Crippen molar-refractivity contribution in [2.45, 2.75) is 25.3 Å². The number of anilines is 1. The number of phenols is 1. The van der Waals surface area contributed by atoms with Crippen LogP contribution in [0.15, 0.2) is 48.5 Å². The molecule has 24 heavy (non-hydrogen) atoms. The number of nitrogens with one attached hydrogen (secondary N) is 1. The van der Waals surface area contributed by atoms with E-state index >= 15 is 0 Å². The summed E-state index contributed by atoms with van der Waals surface area (Å²) in [5.41, 5.74) is 1.09. The summed E-state index contributed by atoms with van der Waals surface area (Å²) in [6.45, 7) is 0. The normalized spacial score (nSPS) is 23.7. The van der Waals surface area contributed by atoms with Crippen molar-refractivity contribution in [2.75, 3.05) is 5.32 Å². The zero-order valence-corrected chi connectivity index (χ0v) is 12.8. The molecule has 0 aliphatic carbocycles. The average Bonchev–Trinajstić information content (AvgIpc) is 2.57. The van der Waals surface area contributed by atoms with Crippen molar-refractivity contribution in [2.24, 2.45) is 5.92 Å². The molecule has 0 bridgehead atoms. The van der Waals surface area contributed by atoms with Gasteiger partial charge in [-0.25, -0.2) is 8.78 Å². The predicted molar refractivity (Wildman–Crippen MR) is 84.6 cm³/mol. The Morgan fingerprint density at radius 1 is 1.08 bits per heavy atom. The SMILES string of the molecule is O=C(Nc1ccc(F)cc1)C1CC[C@@H](F)O[C@H]1c1ccc(O)cc1. The summed E-state index contributed by atoms with van der Waals surface area (Å²) in [4.78, 5) is 12.6. The van der Waals surface area contributed by atoms with Gasteiger partial charge >= 0.3 is 0 Å². The lowest BCUT2D eigenvalue weighted by Crippen LogP contribution is -2.35. The van der Waals surface area contributed by atoms with Crippen molar-refractivity contribution < 1.29 is 23.4 Å². The smallest absolute Gasteiger partial charge is 0.230 e. The number of hydrogen-bond donors (Lipinski definition) is 2. The number of rotatable bonds is 3. The van der Waals surface area contributed by atoms with Crippen LogP contribution in [-0.4, -0.2) is 17.4 Å². The molecule has 4 nitrogen and oxygen atoms in total. The Bertz CT molecular complexity index is 703. The third-order valence-corrected chi connectivity index (χ3v) is 4.03. The third kappa shape index (κ3) is 3.71. The lowest BCUT2D eigenvalue weighted by atomic mass is 9.88. The first-order valence-corrected chi connectivity index (χ1v) is 7.68. The Morgan fingerprint density at radius 3 is 2.42 bits per heavy atom. The molecule has 126 valence electrons. The van der Waals surface area contributed by atoms with Crippen LogP contribution in [0, 0.1) is 11.7 Å². The highest BCUT2D eigenvalue weighted by atomic mass is 19.1. The standard InChI is InChI=1S/C18H17F2NO3/c19-12-3-5-13(6-4-12)21-18(23)15-9-10-16(20)24-17(15)11-1-7-14(22)8-2-11/h1-8,15-17,22H,9-10H2,(H,21,23)/t15?,16-,17-/m0/s1. The molecule has 1 amide bonds. The molecule has 1 heterocycles. The fraction of sp³-hybridized carbons (Fsp3) is 0.278. The monoisotopic (exact) mass is 333 g/mol. The Hall–Kier alpha value is -2.47. The summed E-state index contributed by atoms with van der Waals surface area (Å²) >= 11 is 0. The van der Waals surface area contributed by atoms with Crippen LogP contribution in [0.2, 0.25) is 0 Å². The minimum absolute atomic E-state index is 0.0821. The fourth-order valence-corrected chi connectivity index (χ4v) is 2.80. The van der Waals surface area contributed by atoms with Gasteiger partial charge in [0.05, 0.1) is 12.0 Å². The van der Waals surface area contributed by atoms with Gasteiger partial charge in [-0.2, -0.15) is 0 Å². The first-order chi connectivity index (χ1) is 11.5. The van der Waals surface area contributed by atoms with Gasteiger partial charge in [0, 0.05) is 12.1 Å². The summed E-state index contributed by atoms with van der Waals surface area (Å²) in [5.74, 6) is -1.20. The minimum Gasteiger partial charge on any atom is -0.508 e. The molecule has 3 atom stereocenters. The number of benzene rings is 2. The van der Waals surface area contributed by atoms with E-state index in [1.165, 1.54) is 36.4 Å². The minimum atomic E-state index is -1.43. The molecule has 1 fully saturated rings. The first kappa shape index (κ1) is 16.4. The number of amides is 1. The van der Waals surface area contributed by atoms with Gasteiger partial charge in [-0.15, -0.1) is 0 Å². The second-order valence-corrected chi connectivity index (χ2v) is 5.74. The highest BCUT2D eigenvalue weighted by molar-refractivity contribution is 5.93. The number of aromatic hydroxyl groups is 1. The topological polar surface area (TPSA) is 58.6 Å². The van der Waals surface area contributed by atoms with Crippen LogP contribution in [0.5, 0.6) is 5.75 Å². The van der Waals surface area contributed by atoms with Gasteiger partial charge in [0.25, 0.3) is 0 Å². The van der Waals surface area contributed by atoms with Gasteiger partial charge in [-0.3, -0.25) is 4.79 Å². The lowest BCUT2D eigenvalue weighted by Gasteiger charge is -2.33. The molecular formula is C18H17F2NO3. The fourth-order valence-electron chi connectivity index (χ4n) is 2.80. The number of hydrogen-bond acceptors (Lipinski definition) is 3. The summed E-state index contributed by atoms with van der Waals surface area (Å²) in [6.07, 6.45) is -1.70. The molecule has 1 unspecified atom stereocenters. The maximum Gasteiger partial charge on any atom is 0.230 e. The van der Waals surface area contributed by atoms with Crippen LogP contribution in [0.3, 0.4) is 0 Å². The third-order valence-electron chi connectivity index (χ3n) is 4.03. The largest absolute Gasteiger partial charge is 0.508 e. The van der Waals surface area contributed by atoms with Crippen LogP contribution in [0.25, 0.3) is 0 Å². The maximum atomic E-state index is 13.7. The van der Waals surface area contributed by atoms with E-state index in [1.807, 2.05) is 0 Å². The Balaban J connectivity index is 1.79. The maximum absolute atomic E-state index is 13.7. The quantitative estimate of drug-likeness (QED) is 0.895. The highest BCUT2D eigenvalue weighted by Gasteiger charge is 2.37. The first-order valence-electron chi connectivity index (χ1n) is 7.68. The van der Waals surface area contributed by atoms with E-state index in [0.29, 0.717) is 17.7 Å². The van der Waals surface area contributed by atoms with E-state index in [-0.39, 0.29) is 18.1 Å². The Labute approximate surface area is 138 Å². The molecule has 2 aromatic carbocycles. The summed E-state index contributed by atoms with van der Waals surface area (Å²) in [7, 11) is 0. The van der Waals surface area contributed by atoms with Crippen LogP contribution >= 0.6 is 0 Å². The number of carbonyl (C=O) groups is 1. The molecule has 0 saturated carbocycles. The number of phenolic OH excluding ortho intramolecular Hbond substituents is 1. The molecule has 6 heteroatoms. The molecule has 0 aromatic heterocycles. The number of carbonyl (C=O) groups excluding carboxylic acids is 1. The van der Waals surface area contributed by atoms with Gasteiger partial charge in [0.2, 0.25) is 5.91 Å². The van der Waals surface area contributed by atoms with Crippen LogP contribution in [0.1, 0.15) is 24.5 Å². The molecule has 3 rings (SSSR count). The lowest BCUT2D eigenvalue weighted by molar-refractivity contribution is -0.157. The molecule has 1 aliphatic heterocycles. The second kappa shape index (κ2) is 6.97. The van der Waals surface area contributed by atoms with E-state index in [4.69, 9.17) is 4.74 Å². The zero-order valence-electron chi connectivity index (χ0n) is 12.8. The molecule has 1 aliphatic rings. The van der Waals surface area contributed by atoms with Gasteiger partial charge in [-0.1, -0.05) is 12.1 Å². The van der Waals surface area contributed by atoms with Crippen LogP contribution in [0.4, 0.5) is 14.5 Å². The van der Waals surface area contributed by atoms with Gasteiger partial charge in [-0.05, 0) is 48.4 Å². The Kier molecular flexibility index (Phi) is 4.76. The summed E-state index contributed by atoms with van der Waals surface area (Å²) < 4.78 is 31.9. The number of halogens is 2. The zero-order chi connectivity index (χ0) is 17.1. The van der Waals surface area contributed by atoms with E-state index < -0.39 is 24.2 Å². The molecular weight excluding hydrogens is 316 g/mol. The number of ether oxygens (including phenoxy) is 1. The second-order valence-electron chi connectivity index (χ2n) is 5.74. The molecule has 1 saturated heterocycles. The van der Waals surface area contributed by atoms with Gasteiger partial charge in [0.15, 0.2) is 6.36 Å². The molecule has 0 radical (unpaired) electrons. The van der Waals surface area contributed by atoms with Crippen LogP contribution in [-0.2, 0) is 9.53 Å². The van der Waals surface area contributed by atoms with Gasteiger partial charge < -0.3 is 15.2 Å². The Morgan fingerprint density at radius 2 is 1.75 bits per heavy atom. The summed E-state index contributed by atoms with van der Waals surface area (Å²) in [5, 5.41) is 12.1. The van der Waals surface area contributed by atoms with E-state index in [9.17, 15) is 18.7 Å². The molecule has 2 aromatic rings. The average molecular weight is 333 g/mol. The molecule has 0 spiro atoms. The summed E-state index contributed by atoms with van der Waals surface area (Å²) in [6, 6.07) is 11.6. The molecule has 2 N–H and O–H groups in total. The van der Waals surface area contributed by atoms with E-state index in [2.05, 4.69) is 5.32 Å². The number of alkyl halides is 1. The van der Waals surface area contributed by atoms with Crippen molar-refractivity contribution in [3.63, 3.8) is 0 Å². The van der Waals surface area contributed by atoms with Crippen LogP contribution < -0.4 is 5.32 Å². The van der Waals surface area contributed by atoms with E-state index in [0.717, 1.165) is 0 Å². The van der Waals surface area contributed by atoms with Crippen molar-refractivity contribution in [3.8, 4) is 5.75 Å². The van der Waals surface area contributed by atoms with Crippen molar-refractivity contribution in [1.82, 2.24) is 0 Å².